The van der Waals surface area contributed by atoms with Crippen LogP contribution >= 0.6 is 0 Å². The topological polar surface area (TPSA) is 22.2 Å². The van der Waals surface area contributed by atoms with Crippen molar-refractivity contribution in [3.63, 3.8) is 0 Å². The van der Waals surface area contributed by atoms with E-state index in [1.807, 2.05) is 0 Å². The monoisotopic (exact) mass is 288 g/mol. The summed E-state index contributed by atoms with van der Waals surface area (Å²) < 4.78 is 5.16. The third-order valence-electron chi connectivity index (χ3n) is 3.41. The number of likely N-dealkylation sites (N-methyl/N-ethyl adjacent to an activating group) is 4. The van der Waals surface area contributed by atoms with Crippen LogP contribution in [-0.4, -0.2) is 114 Å². The Morgan fingerprint density at radius 3 is 1.55 bits per heavy atom. The molecule has 0 aromatic heterocycles. The summed E-state index contributed by atoms with van der Waals surface area (Å²) in [7, 11) is 10.6. The van der Waals surface area contributed by atoms with Gasteiger partial charge in [-0.3, -0.25) is 4.90 Å². The van der Waals surface area contributed by atoms with Crippen molar-refractivity contribution in [2.45, 2.75) is 6.92 Å². The van der Waals surface area contributed by atoms with Gasteiger partial charge >= 0.3 is 0 Å². The van der Waals surface area contributed by atoms with Crippen LogP contribution in [0.1, 0.15) is 6.92 Å². The highest BCUT2D eigenvalue weighted by atomic mass is 16.5. The van der Waals surface area contributed by atoms with Crippen LogP contribution in [-0.2, 0) is 4.74 Å². The molecule has 0 radical (unpaired) electrons. The predicted molar refractivity (Wildman–Crippen MR) is 87.5 cm³/mol. The maximum absolute atomic E-state index is 5.16. The van der Waals surface area contributed by atoms with Crippen LogP contribution in [0.15, 0.2) is 0 Å². The second-order valence-electron chi connectivity index (χ2n) is 5.96. The van der Waals surface area contributed by atoms with Crippen LogP contribution in [0.25, 0.3) is 0 Å². The number of morpholine rings is 1. The van der Waals surface area contributed by atoms with Crippen LogP contribution in [0.5, 0.6) is 0 Å². The van der Waals surface area contributed by atoms with Gasteiger partial charge in [-0.2, -0.15) is 0 Å². The second kappa shape index (κ2) is 12.5. The van der Waals surface area contributed by atoms with Crippen molar-refractivity contribution in [1.29, 1.82) is 0 Å². The summed E-state index contributed by atoms with van der Waals surface area (Å²) >= 11 is 0. The van der Waals surface area contributed by atoms with Crippen LogP contribution < -0.4 is 0 Å². The number of hydrogen-bond acceptors (Lipinski definition) is 5. The molecule has 0 bridgehead atoms. The zero-order valence-electron chi connectivity index (χ0n) is 14.6. The number of ether oxygens (including phenoxy) is 1. The van der Waals surface area contributed by atoms with E-state index in [2.05, 4.69) is 61.8 Å². The standard InChI is InChI=1S/C9H23N3.C6H13NO/c1-10(2)6-8-12(5)9-7-11(3)4;1-2-7-3-5-8-6-4-7/h6-9H2,1-5H3;2-6H2,1H3. The predicted octanol–water partition coefficient (Wildman–Crippen LogP) is 0.380. The van der Waals surface area contributed by atoms with E-state index in [0.717, 1.165) is 52.5 Å². The fourth-order valence-electron chi connectivity index (χ4n) is 1.77. The molecule has 0 saturated carbocycles. The third kappa shape index (κ3) is 12.8. The Balaban J connectivity index is 0.000000388. The van der Waals surface area contributed by atoms with Gasteiger partial charge in [-0.25, -0.2) is 0 Å². The number of hydrogen-bond donors (Lipinski definition) is 0. The number of rotatable bonds is 7. The molecule has 20 heavy (non-hydrogen) atoms. The van der Waals surface area contributed by atoms with Crippen LogP contribution in [0.4, 0.5) is 0 Å². The minimum absolute atomic E-state index is 0.924. The van der Waals surface area contributed by atoms with E-state index in [1.165, 1.54) is 6.54 Å². The Kier molecular flexibility index (Phi) is 12.4. The van der Waals surface area contributed by atoms with Gasteiger partial charge in [0.05, 0.1) is 13.2 Å². The Morgan fingerprint density at radius 2 is 1.25 bits per heavy atom. The Morgan fingerprint density at radius 1 is 0.800 bits per heavy atom. The minimum atomic E-state index is 0.924. The highest BCUT2D eigenvalue weighted by Crippen LogP contribution is 1.93. The van der Waals surface area contributed by atoms with Crippen molar-refractivity contribution in [3.8, 4) is 0 Å². The molecule has 1 fully saturated rings. The summed E-state index contributed by atoms with van der Waals surface area (Å²) in [6.07, 6.45) is 0. The van der Waals surface area contributed by atoms with Crippen LogP contribution in [0, 0.1) is 0 Å². The summed E-state index contributed by atoms with van der Waals surface area (Å²) in [5.74, 6) is 0. The molecule has 0 aromatic rings. The molecule has 122 valence electrons. The van der Waals surface area contributed by atoms with E-state index >= 15 is 0 Å². The smallest absolute Gasteiger partial charge is 0.0594 e. The zero-order valence-corrected chi connectivity index (χ0v) is 14.6. The lowest BCUT2D eigenvalue weighted by Gasteiger charge is -2.24. The minimum Gasteiger partial charge on any atom is -0.379 e. The Bertz CT molecular complexity index is 194. The summed E-state index contributed by atoms with van der Waals surface area (Å²) in [5.41, 5.74) is 0. The molecule has 1 saturated heterocycles. The molecule has 0 amide bonds. The highest BCUT2D eigenvalue weighted by molar-refractivity contribution is 4.58. The average Bonchev–Trinajstić information content (AvgIpc) is 2.44. The molecule has 5 heteroatoms. The summed E-state index contributed by atoms with van der Waals surface area (Å²) in [6.45, 7) is 12.0. The lowest BCUT2D eigenvalue weighted by molar-refractivity contribution is 0.0405. The van der Waals surface area contributed by atoms with Crippen molar-refractivity contribution in [2.24, 2.45) is 0 Å². The van der Waals surface area contributed by atoms with E-state index < -0.39 is 0 Å². The molecular formula is C15H36N4O. The van der Waals surface area contributed by atoms with Gasteiger partial charge in [0.1, 0.15) is 0 Å². The molecular weight excluding hydrogens is 252 g/mol. The fraction of sp³-hybridized carbons (Fsp3) is 1.00. The van der Waals surface area contributed by atoms with Crippen LogP contribution in [0.2, 0.25) is 0 Å². The summed E-state index contributed by atoms with van der Waals surface area (Å²) in [5, 5.41) is 0. The molecule has 1 heterocycles. The van der Waals surface area contributed by atoms with Gasteiger partial charge in [0, 0.05) is 39.3 Å². The van der Waals surface area contributed by atoms with Gasteiger partial charge in [0.2, 0.25) is 0 Å². The first-order chi connectivity index (χ1) is 9.45. The van der Waals surface area contributed by atoms with Crippen molar-refractivity contribution in [1.82, 2.24) is 19.6 Å². The molecule has 1 aliphatic rings. The molecule has 0 spiro atoms. The molecule has 0 aromatic carbocycles. The quantitative estimate of drug-likeness (QED) is 0.674. The largest absolute Gasteiger partial charge is 0.379 e. The molecule has 0 N–H and O–H groups in total. The first-order valence-electron chi connectivity index (χ1n) is 7.73. The lowest BCUT2D eigenvalue weighted by atomic mass is 10.4. The van der Waals surface area contributed by atoms with Gasteiger partial charge in [0.25, 0.3) is 0 Å². The van der Waals surface area contributed by atoms with Gasteiger partial charge in [0.15, 0.2) is 0 Å². The van der Waals surface area contributed by atoms with E-state index in [-0.39, 0.29) is 0 Å². The van der Waals surface area contributed by atoms with Crippen molar-refractivity contribution < 1.29 is 4.74 Å². The highest BCUT2D eigenvalue weighted by Gasteiger charge is 2.05. The molecule has 0 aliphatic carbocycles. The zero-order chi connectivity index (χ0) is 15.4. The summed E-state index contributed by atoms with van der Waals surface area (Å²) in [6, 6.07) is 0. The van der Waals surface area contributed by atoms with Crippen molar-refractivity contribution in [2.75, 3.05) is 94.3 Å². The lowest BCUT2D eigenvalue weighted by Crippen LogP contribution is -2.35. The first-order valence-corrected chi connectivity index (χ1v) is 7.73. The van der Waals surface area contributed by atoms with Gasteiger partial charge in [-0.1, -0.05) is 6.92 Å². The van der Waals surface area contributed by atoms with E-state index in [1.54, 1.807) is 0 Å². The SMILES string of the molecule is CCN1CCOCC1.CN(C)CCN(C)CCN(C)C. The molecule has 0 atom stereocenters. The van der Waals surface area contributed by atoms with Gasteiger partial charge in [-0.15, -0.1) is 0 Å². The van der Waals surface area contributed by atoms with Gasteiger partial charge < -0.3 is 19.4 Å². The average molecular weight is 288 g/mol. The van der Waals surface area contributed by atoms with E-state index in [0.29, 0.717) is 0 Å². The fourth-order valence-corrected chi connectivity index (χ4v) is 1.77. The summed E-state index contributed by atoms with van der Waals surface area (Å²) in [4.78, 5) is 9.18. The Hall–Kier alpha value is -0.200. The van der Waals surface area contributed by atoms with Crippen molar-refractivity contribution in [3.05, 3.63) is 0 Å². The maximum atomic E-state index is 5.16. The van der Waals surface area contributed by atoms with Gasteiger partial charge in [-0.05, 0) is 41.8 Å². The molecule has 1 aliphatic heterocycles. The van der Waals surface area contributed by atoms with Crippen molar-refractivity contribution >= 4 is 0 Å². The maximum Gasteiger partial charge on any atom is 0.0594 e. The normalized spacial score (nSPS) is 16.6. The van der Waals surface area contributed by atoms with E-state index in [4.69, 9.17) is 4.74 Å². The number of nitrogens with zero attached hydrogens (tertiary/aromatic N) is 4. The second-order valence-corrected chi connectivity index (χ2v) is 5.96. The first kappa shape index (κ1) is 19.8. The third-order valence-corrected chi connectivity index (χ3v) is 3.41. The molecule has 5 nitrogen and oxygen atoms in total. The Labute approximate surface area is 126 Å². The molecule has 0 unspecified atom stereocenters. The van der Waals surface area contributed by atoms with E-state index in [9.17, 15) is 0 Å². The molecule has 1 rings (SSSR count). The van der Waals surface area contributed by atoms with Crippen LogP contribution in [0.3, 0.4) is 0 Å².